The average molecular weight is 351 g/mol. The van der Waals surface area contributed by atoms with E-state index in [1.807, 2.05) is 0 Å². The Morgan fingerprint density at radius 1 is 0.731 bits per heavy atom. The first-order valence-corrected chi connectivity index (χ1v) is 9.79. The van der Waals surface area contributed by atoms with E-state index >= 15 is 0 Å². The summed E-state index contributed by atoms with van der Waals surface area (Å²) in [6, 6.07) is 18.8. The molecule has 2 unspecified atom stereocenters. The van der Waals surface area contributed by atoms with Gasteiger partial charge in [0.05, 0.1) is 0 Å². The fraction of sp³-hybridized carbons (Fsp3) is 0.455. The quantitative estimate of drug-likeness (QED) is 0.891. The molecule has 2 aliphatic rings. The standard InChI is InChI=1S/C22H30N4/c1-17-6-8-19(9-7-17)25-12-10-23-21(15-25)22-16-26(13-11-24-22)20-5-3-4-18(2)14-20/h3-9,14,21-24H,10-13,15-16H2,1-2H3. The van der Waals surface area contributed by atoms with E-state index in [9.17, 15) is 0 Å². The lowest BCUT2D eigenvalue weighted by Crippen LogP contribution is -2.65. The number of hydrogen-bond acceptors (Lipinski definition) is 4. The van der Waals surface area contributed by atoms with E-state index in [1.54, 1.807) is 0 Å². The van der Waals surface area contributed by atoms with Crippen LogP contribution in [0.2, 0.25) is 0 Å². The SMILES string of the molecule is Cc1ccc(N2CCNC(C3CN(c4cccc(C)c4)CCN3)C2)cc1. The topological polar surface area (TPSA) is 30.5 Å². The lowest BCUT2D eigenvalue weighted by molar-refractivity contribution is 0.327. The lowest BCUT2D eigenvalue weighted by Gasteiger charge is -2.43. The Balaban J connectivity index is 1.43. The summed E-state index contributed by atoms with van der Waals surface area (Å²) >= 11 is 0. The fourth-order valence-electron chi connectivity index (χ4n) is 4.14. The maximum Gasteiger partial charge on any atom is 0.0416 e. The van der Waals surface area contributed by atoms with E-state index in [0.717, 1.165) is 39.3 Å². The minimum absolute atomic E-state index is 0.470. The fourth-order valence-corrected chi connectivity index (χ4v) is 4.14. The van der Waals surface area contributed by atoms with Gasteiger partial charge < -0.3 is 20.4 Å². The number of hydrogen-bond donors (Lipinski definition) is 2. The number of benzene rings is 2. The average Bonchev–Trinajstić information content (AvgIpc) is 2.69. The van der Waals surface area contributed by atoms with Crippen LogP contribution < -0.4 is 20.4 Å². The molecule has 2 aromatic carbocycles. The highest BCUT2D eigenvalue weighted by Gasteiger charge is 2.30. The van der Waals surface area contributed by atoms with E-state index in [4.69, 9.17) is 0 Å². The molecule has 2 heterocycles. The highest BCUT2D eigenvalue weighted by atomic mass is 15.3. The van der Waals surface area contributed by atoms with Gasteiger partial charge in [0.15, 0.2) is 0 Å². The molecule has 2 N–H and O–H groups in total. The van der Waals surface area contributed by atoms with Crippen molar-refractivity contribution in [1.29, 1.82) is 0 Å². The largest absolute Gasteiger partial charge is 0.369 e. The molecule has 0 saturated carbocycles. The molecule has 2 aliphatic heterocycles. The second-order valence-electron chi connectivity index (χ2n) is 7.69. The first-order valence-electron chi connectivity index (χ1n) is 9.79. The van der Waals surface area contributed by atoms with Crippen molar-refractivity contribution in [2.24, 2.45) is 0 Å². The van der Waals surface area contributed by atoms with Crippen LogP contribution in [0.25, 0.3) is 0 Å². The molecule has 2 aromatic rings. The van der Waals surface area contributed by atoms with Gasteiger partial charge in [0.1, 0.15) is 0 Å². The van der Waals surface area contributed by atoms with Crippen molar-refractivity contribution in [1.82, 2.24) is 10.6 Å². The van der Waals surface area contributed by atoms with Gasteiger partial charge in [-0.15, -0.1) is 0 Å². The molecule has 4 heteroatoms. The summed E-state index contributed by atoms with van der Waals surface area (Å²) in [5.41, 5.74) is 5.35. The summed E-state index contributed by atoms with van der Waals surface area (Å²) in [5, 5.41) is 7.51. The Kier molecular flexibility index (Phi) is 5.14. The Labute approximate surface area is 157 Å². The van der Waals surface area contributed by atoms with Crippen molar-refractivity contribution >= 4 is 11.4 Å². The first kappa shape index (κ1) is 17.4. The van der Waals surface area contributed by atoms with Gasteiger partial charge in [0.2, 0.25) is 0 Å². The van der Waals surface area contributed by atoms with Crippen molar-refractivity contribution in [3.63, 3.8) is 0 Å². The summed E-state index contributed by atoms with van der Waals surface area (Å²) in [4.78, 5) is 5.05. The molecule has 26 heavy (non-hydrogen) atoms. The van der Waals surface area contributed by atoms with Crippen molar-refractivity contribution in [3.8, 4) is 0 Å². The molecule has 4 nitrogen and oxygen atoms in total. The van der Waals surface area contributed by atoms with Crippen LogP contribution in [0.4, 0.5) is 11.4 Å². The van der Waals surface area contributed by atoms with Crippen molar-refractivity contribution in [2.75, 3.05) is 49.1 Å². The number of nitrogens with one attached hydrogen (secondary N) is 2. The zero-order chi connectivity index (χ0) is 17.9. The summed E-state index contributed by atoms with van der Waals surface area (Å²) in [7, 11) is 0. The molecule has 4 rings (SSSR count). The first-order chi connectivity index (χ1) is 12.7. The van der Waals surface area contributed by atoms with Crippen molar-refractivity contribution in [2.45, 2.75) is 25.9 Å². The van der Waals surface area contributed by atoms with E-state index in [0.29, 0.717) is 12.1 Å². The van der Waals surface area contributed by atoms with Gasteiger partial charge in [-0.25, -0.2) is 0 Å². The van der Waals surface area contributed by atoms with Gasteiger partial charge in [-0.1, -0.05) is 29.8 Å². The van der Waals surface area contributed by atoms with Crippen LogP contribution in [-0.4, -0.2) is 51.4 Å². The summed E-state index contributed by atoms with van der Waals surface area (Å²) in [6.07, 6.45) is 0. The van der Waals surface area contributed by atoms with Gasteiger partial charge >= 0.3 is 0 Å². The molecular formula is C22H30N4. The number of nitrogens with zero attached hydrogens (tertiary/aromatic N) is 2. The second-order valence-corrected chi connectivity index (χ2v) is 7.69. The summed E-state index contributed by atoms with van der Waals surface area (Å²) < 4.78 is 0. The zero-order valence-electron chi connectivity index (χ0n) is 15.9. The smallest absolute Gasteiger partial charge is 0.0416 e. The lowest BCUT2D eigenvalue weighted by atomic mass is 10.0. The molecule has 0 radical (unpaired) electrons. The molecule has 0 spiro atoms. The Morgan fingerprint density at radius 3 is 1.96 bits per heavy atom. The molecule has 0 bridgehead atoms. The third-order valence-corrected chi connectivity index (χ3v) is 5.66. The van der Waals surface area contributed by atoms with Crippen LogP contribution in [0.1, 0.15) is 11.1 Å². The molecular weight excluding hydrogens is 320 g/mol. The highest BCUT2D eigenvalue weighted by molar-refractivity contribution is 5.50. The van der Waals surface area contributed by atoms with Crippen molar-refractivity contribution in [3.05, 3.63) is 59.7 Å². The number of piperazine rings is 2. The second kappa shape index (κ2) is 7.68. The molecule has 0 aromatic heterocycles. The van der Waals surface area contributed by atoms with Crippen LogP contribution >= 0.6 is 0 Å². The van der Waals surface area contributed by atoms with E-state index in [1.165, 1.54) is 22.5 Å². The van der Waals surface area contributed by atoms with Crippen LogP contribution in [0.15, 0.2) is 48.5 Å². The predicted octanol–water partition coefficient (Wildman–Crippen LogP) is 2.56. The van der Waals surface area contributed by atoms with Gasteiger partial charge in [0.25, 0.3) is 0 Å². The van der Waals surface area contributed by atoms with Gasteiger partial charge in [-0.05, 0) is 43.7 Å². The summed E-state index contributed by atoms with van der Waals surface area (Å²) in [6.45, 7) is 10.7. The molecule has 2 saturated heterocycles. The minimum atomic E-state index is 0.470. The minimum Gasteiger partial charge on any atom is -0.369 e. The Bertz CT molecular complexity index is 727. The van der Waals surface area contributed by atoms with Gasteiger partial charge in [0, 0.05) is 62.7 Å². The maximum atomic E-state index is 3.75. The summed E-state index contributed by atoms with van der Waals surface area (Å²) in [5.74, 6) is 0. The van der Waals surface area contributed by atoms with E-state index in [2.05, 4.69) is 82.8 Å². The van der Waals surface area contributed by atoms with Crippen LogP contribution in [0.3, 0.4) is 0 Å². The van der Waals surface area contributed by atoms with E-state index in [-0.39, 0.29) is 0 Å². The van der Waals surface area contributed by atoms with Crippen LogP contribution in [0, 0.1) is 13.8 Å². The molecule has 2 atom stereocenters. The highest BCUT2D eigenvalue weighted by Crippen LogP contribution is 2.21. The number of aryl methyl sites for hydroxylation is 2. The number of rotatable bonds is 3. The maximum absolute atomic E-state index is 3.75. The third-order valence-electron chi connectivity index (χ3n) is 5.66. The monoisotopic (exact) mass is 350 g/mol. The molecule has 0 aliphatic carbocycles. The zero-order valence-corrected chi connectivity index (χ0v) is 15.9. The van der Waals surface area contributed by atoms with Crippen LogP contribution in [-0.2, 0) is 0 Å². The normalized spacial score (nSPS) is 23.9. The van der Waals surface area contributed by atoms with Gasteiger partial charge in [-0.3, -0.25) is 0 Å². The molecule has 138 valence electrons. The van der Waals surface area contributed by atoms with Gasteiger partial charge in [-0.2, -0.15) is 0 Å². The van der Waals surface area contributed by atoms with Crippen LogP contribution in [0.5, 0.6) is 0 Å². The number of anilines is 2. The Morgan fingerprint density at radius 2 is 1.35 bits per heavy atom. The van der Waals surface area contributed by atoms with Crippen molar-refractivity contribution < 1.29 is 0 Å². The molecule has 2 fully saturated rings. The predicted molar refractivity (Wildman–Crippen MR) is 110 cm³/mol. The third kappa shape index (κ3) is 3.87. The van der Waals surface area contributed by atoms with E-state index < -0.39 is 0 Å². The molecule has 0 amide bonds. The Hall–Kier alpha value is -2.04.